The van der Waals surface area contributed by atoms with E-state index in [1.54, 1.807) is 12.1 Å². The number of halogens is 1. The highest BCUT2D eigenvalue weighted by molar-refractivity contribution is 6.33. The first-order chi connectivity index (χ1) is 9.26. The Balaban J connectivity index is 2.40. The quantitative estimate of drug-likeness (QED) is 0.744. The Kier molecular flexibility index (Phi) is 4.58. The van der Waals surface area contributed by atoms with Gasteiger partial charge in [0.2, 0.25) is 0 Å². The predicted molar refractivity (Wildman–Crippen MR) is 78.1 cm³/mol. The summed E-state index contributed by atoms with van der Waals surface area (Å²) in [5.74, 6) is 0.833. The lowest BCUT2D eigenvalue weighted by Gasteiger charge is -2.11. The van der Waals surface area contributed by atoms with Crippen LogP contribution in [0.25, 0.3) is 11.1 Å². The molecule has 0 radical (unpaired) electrons. The van der Waals surface area contributed by atoms with Gasteiger partial charge in [-0.15, -0.1) is 0 Å². The molecule has 0 aromatic heterocycles. The molecule has 0 atom stereocenters. The third-order valence-corrected chi connectivity index (χ3v) is 3.11. The minimum absolute atomic E-state index is 0.456. The molecular weight excluding hydrogens is 260 g/mol. The normalized spacial score (nSPS) is 10.2. The zero-order valence-electron chi connectivity index (χ0n) is 10.7. The lowest BCUT2D eigenvalue weighted by Crippen LogP contribution is -1.96. The van der Waals surface area contributed by atoms with E-state index < -0.39 is 0 Å². The molecule has 0 amide bonds. The van der Waals surface area contributed by atoms with E-state index in [1.165, 1.54) is 0 Å². The van der Waals surface area contributed by atoms with Crippen LogP contribution in [0, 0.1) is 0 Å². The molecule has 0 saturated heterocycles. The van der Waals surface area contributed by atoms with Crippen LogP contribution in [-0.2, 0) is 0 Å². The van der Waals surface area contributed by atoms with Gasteiger partial charge < -0.3 is 4.74 Å². The number of ether oxygens (including phenoxy) is 1. The minimum atomic E-state index is 0.456. The van der Waals surface area contributed by atoms with Crippen molar-refractivity contribution in [1.29, 1.82) is 0 Å². The van der Waals surface area contributed by atoms with Crippen molar-refractivity contribution in [3.8, 4) is 16.9 Å². The summed E-state index contributed by atoms with van der Waals surface area (Å²) in [5.41, 5.74) is 2.43. The molecule has 0 aliphatic carbocycles. The van der Waals surface area contributed by atoms with Crippen molar-refractivity contribution >= 4 is 17.9 Å². The first-order valence-electron chi connectivity index (χ1n) is 6.23. The second-order valence-corrected chi connectivity index (χ2v) is 4.61. The summed E-state index contributed by atoms with van der Waals surface area (Å²) < 4.78 is 5.72. The van der Waals surface area contributed by atoms with Crippen molar-refractivity contribution in [1.82, 2.24) is 0 Å². The van der Waals surface area contributed by atoms with Crippen LogP contribution in [0.15, 0.2) is 42.5 Å². The molecule has 2 nitrogen and oxygen atoms in total. The first kappa shape index (κ1) is 13.6. The molecule has 0 fully saturated rings. The third-order valence-electron chi connectivity index (χ3n) is 2.79. The number of benzene rings is 2. The zero-order chi connectivity index (χ0) is 13.7. The van der Waals surface area contributed by atoms with Gasteiger partial charge in [-0.2, -0.15) is 0 Å². The van der Waals surface area contributed by atoms with Crippen LogP contribution in [0.5, 0.6) is 5.75 Å². The maximum atomic E-state index is 10.8. The first-order valence-corrected chi connectivity index (χ1v) is 6.61. The van der Waals surface area contributed by atoms with Crippen molar-refractivity contribution in [2.24, 2.45) is 0 Å². The van der Waals surface area contributed by atoms with Crippen LogP contribution in [0.2, 0.25) is 5.02 Å². The number of rotatable bonds is 5. The number of carbonyl (C=O) groups excluding carboxylic acids is 1. The fourth-order valence-electron chi connectivity index (χ4n) is 1.83. The molecule has 0 saturated carbocycles. The maximum absolute atomic E-state index is 10.8. The molecule has 0 unspecified atom stereocenters. The molecule has 0 aliphatic rings. The highest BCUT2D eigenvalue weighted by Gasteiger charge is 2.08. The Morgan fingerprint density at radius 1 is 1.21 bits per heavy atom. The highest BCUT2D eigenvalue weighted by Crippen LogP contribution is 2.32. The molecule has 2 aromatic rings. The van der Waals surface area contributed by atoms with Crippen LogP contribution < -0.4 is 4.74 Å². The SMILES string of the molecule is CCCOc1ccccc1-c1ccc(C=O)c(Cl)c1. The molecule has 0 spiro atoms. The van der Waals surface area contributed by atoms with Gasteiger partial charge in [0.25, 0.3) is 0 Å². The molecular formula is C16H15ClO2. The largest absolute Gasteiger partial charge is 0.493 e. The molecule has 0 N–H and O–H groups in total. The van der Waals surface area contributed by atoms with Crippen LogP contribution in [-0.4, -0.2) is 12.9 Å². The summed E-state index contributed by atoms with van der Waals surface area (Å²) in [7, 11) is 0. The fraction of sp³-hybridized carbons (Fsp3) is 0.188. The van der Waals surface area contributed by atoms with E-state index in [0.29, 0.717) is 17.2 Å². The lowest BCUT2D eigenvalue weighted by atomic mass is 10.0. The molecule has 2 rings (SSSR count). The number of carbonyl (C=O) groups is 1. The third kappa shape index (κ3) is 3.15. The Morgan fingerprint density at radius 3 is 2.68 bits per heavy atom. The Bertz CT molecular complexity index is 579. The lowest BCUT2D eigenvalue weighted by molar-refractivity contribution is 0.112. The van der Waals surface area contributed by atoms with E-state index in [9.17, 15) is 4.79 Å². The summed E-state index contributed by atoms with van der Waals surface area (Å²) in [6.07, 6.45) is 1.71. The van der Waals surface area contributed by atoms with Crippen LogP contribution in [0.3, 0.4) is 0 Å². The van der Waals surface area contributed by atoms with Crippen molar-refractivity contribution in [2.75, 3.05) is 6.61 Å². The second-order valence-electron chi connectivity index (χ2n) is 4.20. The molecule has 0 aliphatic heterocycles. The summed E-state index contributed by atoms with van der Waals surface area (Å²) in [4.78, 5) is 10.8. The van der Waals surface area contributed by atoms with E-state index in [2.05, 4.69) is 6.92 Å². The summed E-state index contributed by atoms with van der Waals surface area (Å²) in [6, 6.07) is 13.2. The van der Waals surface area contributed by atoms with Crippen molar-refractivity contribution in [3.05, 3.63) is 53.1 Å². The van der Waals surface area contributed by atoms with E-state index >= 15 is 0 Å². The average Bonchev–Trinajstić information content (AvgIpc) is 2.45. The predicted octanol–water partition coefficient (Wildman–Crippen LogP) is 4.61. The van der Waals surface area contributed by atoms with E-state index in [-0.39, 0.29) is 0 Å². The van der Waals surface area contributed by atoms with Gasteiger partial charge in [0.15, 0.2) is 6.29 Å². The number of para-hydroxylation sites is 1. The smallest absolute Gasteiger partial charge is 0.151 e. The van der Waals surface area contributed by atoms with Gasteiger partial charge in [-0.3, -0.25) is 4.79 Å². The van der Waals surface area contributed by atoms with Gasteiger partial charge in [0.1, 0.15) is 5.75 Å². The Morgan fingerprint density at radius 2 is 2.00 bits per heavy atom. The number of hydrogen-bond donors (Lipinski definition) is 0. The summed E-state index contributed by atoms with van der Waals surface area (Å²) >= 11 is 6.06. The molecule has 0 bridgehead atoms. The zero-order valence-corrected chi connectivity index (χ0v) is 11.5. The number of hydrogen-bond acceptors (Lipinski definition) is 2. The Labute approximate surface area is 118 Å². The van der Waals surface area contributed by atoms with Crippen LogP contribution >= 0.6 is 11.6 Å². The maximum Gasteiger partial charge on any atom is 0.151 e. The highest BCUT2D eigenvalue weighted by atomic mass is 35.5. The van der Waals surface area contributed by atoms with Crippen molar-refractivity contribution in [3.63, 3.8) is 0 Å². The molecule has 3 heteroatoms. The number of aldehydes is 1. The fourth-order valence-corrected chi connectivity index (χ4v) is 2.06. The van der Waals surface area contributed by atoms with Gasteiger partial charge in [-0.1, -0.05) is 42.8 Å². The molecule has 19 heavy (non-hydrogen) atoms. The van der Waals surface area contributed by atoms with Crippen LogP contribution in [0.1, 0.15) is 23.7 Å². The van der Waals surface area contributed by atoms with Crippen LogP contribution in [0.4, 0.5) is 0 Å². The summed E-state index contributed by atoms with van der Waals surface area (Å²) in [5, 5.41) is 0.456. The van der Waals surface area contributed by atoms with Gasteiger partial charge in [0, 0.05) is 11.1 Å². The monoisotopic (exact) mass is 274 g/mol. The Hall–Kier alpha value is -1.80. The molecule has 0 heterocycles. The topological polar surface area (TPSA) is 26.3 Å². The van der Waals surface area contributed by atoms with E-state index in [4.69, 9.17) is 16.3 Å². The standard InChI is InChI=1S/C16H15ClO2/c1-2-9-19-16-6-4-3-5-14(16)12-7-8-13(11-18)15(17)10-12/h3-8,10-11H,2,9H2,1H3. The van der Waals surface area contributed by atoms with E-state index in [0.717, 1.165) is 29.6 Å². The van der Waals surface area contributed by atoms with Gasteiger partial charge in [0.05, 0.1) is 11.6 Å². The van der Waals surface area contributed by atoms with Crippen molar-refractivity contribution in [2.45, 2.75) is 13.3 Å². The van der Waals surface area contributed by atoms with Gasteiger partial charge in [-0.05, 0) is 30.2 Å². The molecule has 98 valence electrons. The van der Waals surface area contributed by atoms with E-state index in [1.807, 2.05) is 30.3 Å². The second kappa shape index (κ2) is 6.39. The average molecular weight is 275 g/mol. The van der Waals surface area contributed by atoms with Gasteiger partial charge >= 0.3 is 0 Å². The van der Waals surface area contributed by atoms with Crippen molar-refractivity contribution < 1.29 is 9.53 Å². The molecule has 2 aromatic carbocycles. The van der Waals surface area contributed by atoms with Gasteiger partial charge in [-0.25, -0.2) is 0 Å². The summed E-state index contributed by atoms with van der Waals surface area (Å²) in [6.45, 7) is 2.75. The minimum Gasteiger partial charge on any atom is -0.493 e.